The summed E-state index contributed by atoms with van der Waals surface area (Å²) in [5.41, 5.74) is 11.6. The maximum atomic E-state index is 12.1. The first-order chi connectivity index (χ1) is 25.8. The van der Waals surface area contributed by atoms with Crippen molar-refractivity contribution in [3.8, 4) is 56.5 Å². The van der Waals surface area contributed by atoms with Gasteiger partial charge in [0.25, 0.3) is 0 Å². The van der Waals surface area contributed by atoms with Gasteiger partial charge in [-0.15, -0.1) is 0 Å². The monoisotopic (exact) mass is 688 g/mol. The third kappa shape index (κ3) is 5.02. The zero-order chi connectivity index (χ0) is 35.8. The molecule has 0 saturated heterocycles. The molecular formula is C47H36N4O2. The zero-order valence-electron chi connectivity index (χ0n) is 29.3. The Kier molecular flexibility index (Phi) is 6.73. The number of phenols is 2. The largest absolute Gasteiger partial charge is 0.507 e. The highest BCUT2D eigenvalue weighted by Gasteiger charge is 2.30. The third-order valence-electron chi connectivity index (χ3n) is 10.9. The fraction of sp³-hybridized carbons (Fsp3) is 0.0638. The van der Waals surface area contributed by atoms with Gasteiger partial charge >= 0.3 is 0 Å². The van der Waals surface area contributed by atoms with Crippen LogP contribution in [0.2, 0.25) is 0 Å². The second-order valence-electron chi connectivity index (χ2n) is 14.5. The maximum absolute atomic E-state index is 12.1. The summed E-state index contributed by atoms with van der Waals surface area (Å²) < 4.78 is 0. The fourth-order valence-corrected chi connectivity index (χ4v) is 7.85. The topological polar surface area (TPSA) is 104 Å². The maximum Gasteiger partial charge on any atom is 0.134 e. The first-order valence-electron chi connectivity index (χ1n) is 17.9. The summed E-state index contributed by atoms with van der Waals surface area (Å²) >= 11 is 0. The number of nitrogens with one attached hydrogen (secondary N) is 4. The van der Waals surface area contributed by atoms with Crippen molar-refractivity contribution in [2.24, 2.45) is 0 Å². The number of para-hydroxylation sites is 4. The Bertz CT molecular complexity index is 2500. The molecule has 10 aromatic rings. The number of fused-ring (bicyclic) bond motifs is 4. The standard InChI is InChI=1S/C47H36N4O2/c1-47(2,31-23-33(41-19-27-11-3-7-15-37(27)48-41)45(52)34(24-31)42-20-28-12-4-8-16-38(28)49-42)32-25-35(43-21-29-13-5-9-17-39(29)50-43)46(53)36(26-32)44-22-30-14-6-10-18-40(30)51-44/h3-26,48-53H,1-2H3. The average Bonchev–Trinajstić information content (AvgIpc) is 3.98. The van der Waals surface area contributed by atoms with Crippen LogP contribution in [-0.2, 0) is 5.41 Å². The van der Waals surface area contributed by atoms with E-state index in [1.54, 1.807) is 0 Å². The van der Waals surface area contributed by atoms with Crippen LogP contribution in [0.15, 0.2) is 146 Å². The van der Waals surface area contributed by atoms with E-state index in [-0.39, 0.29) is 11.5 Å². The normalized spacial score (nSPS) is 12.1. The Morgan fingerprint density at radius 3 is 0.849 bits per heavy atom. The quantitative estimate of drug-likeness (QED) is 0.105. The van der Waals surface area contributed by atoms with E-state index in [9.17, 15) is 10.2 Å². The van der Waals surface area contributed by atoms with Crippen LogP contribution in [0.4, 0.5) is 0 Å². The first kappa shape index (κ1) is 30.9. The van der Waals surface area contributed by atoms with Gasteiger partial charge in [-0.05, 0) is 83.9 Å². The molecule has 0 amide bonds. The molecule has 0 fully saturated rings. The molecule has 0 aliphatic carbocycles. The van der Waals surface area contributed by atoms with Crippen LogP contribution in [0.5, 0.6) is 11.5 Å². The molecule has 4 heterocycles. The van der Waals surface area contributed by atoms with Crippen molar-refractivity contribution in [2.45, 2.75) is 19.3 Å². The van der Waals surface area contributed by atoms with Crippen molar-refractivity contribution >= 4 is 43.6 Å². The Labute approximate surface area is 305 Å². The smallest absolute Gasteiger partial charge is 0.134 e. The predicted octanol–water partition coefficient (Wildman–Crippen LogP) is 12.0. The molecule has 0 spiro atoms. The summed E-state index contributed by atoms with van der Waals surface area (Å²) in [5.74, 6) is 0.400. The Hall–Kier alpha value is -6.92. The summed E-state index contributed by atoms with van der Waals surface area (Å²) in [6, 6.07) is 49.4. The molecule has 256 valence electrons. The summed E-state index contributed by atoms with van der Waals surface area (Å²) in [6.45, 7) is 4.42. The number of H-pyrrole nitrogens is 4. The number of aromatic amines is 4. The molecule has 4 aromatic heterocycles. The van der Waals surface area contributed by atoms with Crippen molar-refractivity contribution in [1.29, 1.82) is 0 Å². The van der Waals surface area contributed by atoms with Gasteiger partial charge in [-0.3, -0.25) is 0 Å². The number of hydrogen-bond acceptors (Lipinski definition) is 2. The van der Waals surface area contributed by atoms with Gasteiger partial charge in [0.1, 0.15) is 11.5 Å². The van der Waals surface area contributed by atoms with Crippen LogP contribution in [0.3, 0.4) is 0 Å². The average molecular weight is 689 g/mol. The third-order valence-corrected chi connectivity index (χ3v) is 10.9. The predicted molar refractivity (Wildman–Crippen MR) is 218 cm³/mol. The van der Waals surface area contributed by atoms with E-state index in [0.717, 1.165) is 77.5 Å². The minimum absolute atomic E-state index is 0.200. The molecule has 0 aliphatic heterocycles. The lowest BCUT2D eigenvalue weighted by atomic mass is 9.75. The van der Waals surface area contributed by atoms with Gasteiger partial charge < -0.3 is 30.1 Å². The lowest BCUT2D eigenvalue weighted by Crippen LogP contribution is -2.19. The van der Waals surface area contributed by atoms with Crippen LogP contribution in [0, 0.1) is 0 Å². The summed E-state index contributed by atoms with van der Waals surface area (Å²) in [6.07, 6.45) is 0. The number of hydrogen-bond donors (Lipinski definition) is 6. The molecule has 6 heteroatoms. The van der Waals surface area contributed by atoms with E-state index in [1.165, 1.54) is 0 Å². The number of rotatable bonds is 6. The molecule has 0 saturated carbocycles. The molecule has 6 N–H and O–H groups in total. The van der Waals surface area contributed by atoms with Crippen LogP contribution >= 0.6 is 0 Å². The Morgan fingerprint density at radius 1 is 0.358 bits per heavy atom. The summed E-state index contributed by atoms with van der Waals surface area (Å²) in [4.78, 5) is 14.2. The van der Waals surface area contributed by atoms with Crippen LogP contribution < -0.4 is 0 Å². The highest BCUT2D eigenvalue weighted by atomic mass is 16.3. The van der Waals surface area contributed by atoms with Crippen molar-refractivity contribution in [3.05, 3.63) is 157 Å². The van der Waals surface area contributed by atoms with Gasteiger partial charge in [0, 0.05) is 71.3 Å². The van der Waals surface area contributed by atoms with Crippen molar-refractivity contribution < 1.29 is 10.2 Å². The lowest BCUT2D eigenvalue weighted by molar-refractivity contribution is 0.478. The van der Waals surface area contributed by atoms with E-state index >= 15 is 0 Å². The fourth-order valence-electron chi connectivity index (χ4n) is 7.85. The molecule has 10 rings (SSSR count). The van der Waals surface area contributed by atoms with Gasteiger partial charge in [0.15, 0.2) is 0 Å². The van der Waals surface area contributed by atoms with E-state index < -0.39 is 5.41 Å². The number of aromatic hydroxyl groups is 2. The van der Waals surface area contributed by atoms with E-state index in [0.29, 0.717) is 22.3 Å². The van der Waals surface area contributed by atoms with Gasteiger partial charge in [-0.25, -0.2) is 0 Å². The van der Waals surface area contributed by atoms with Gasteiger partial charge in [0.05, 0.1) is 22.8 Å². The number of phenolic OH excluding ortho intramolecular Hbond substituents is 2. The van der Waals surface area contributed by atoms with Gasteiger partial charge in [-0.2, -0.15) is 0 Å². The minimum Gasteiger partial charge on any atom is -0.507 e. The highest BCUT2D eigenvalue weighted by molar-refractivity contribution is 5.94. The van der Waals surface area contributed by atoms with Crippen LogP contribution in [0.25, 0.3) is 88.6 Å². The van der Waals surface area contributed by atoms with Gasteiger partial charge in [0.2, 0.25) is 0 Å². The Morgan fingerprint density at radius 2 is 0.604 bits per heavy atom. The van der Waals surface area contributed by atoms with E-state index in [2.05, 4.69) is 131 Å². The number of aromatic nitrogens is 4. The van der Waals surface area contributed by atoms with Crippen LogP contribution in [0.1, 0.15) is 25.0 Å². The van der Waals surface area contributed by atoms with E-state index in [4.69, 9.17) is 0 Å². The molecule has 0 unspecified atom stereocenters. The van der Waals surface area contributed by atoms with Gasteiger partial charge in [-0.1, -0.05) is 86.6 Å². The second-order valence-corrected chi connectivity index (χ2v) is 14.5. The zero-order valence-corrected chi connectivity index (χ0v) is 29.3. The van der Waals surface area contributed by atoms with Crippen molar-refractivity contribution in [1.82, 2.24) is 19.9 Å². The highest BCUT2D eigenvalue weighted by Crippen LogP contribution is 2.48. The second kappa shape index (κ2) is 11.6. The molecule has 53 heavy (non-hydrogen) atoms. The van der Waals surface area contributed by atoms with Crippen molar-refractivity contribution in [2.75, 3.05) is 0 Å². The minimum atomic E-state index is -0.593. The van der Waals surface area contributed by atoms with Crippen molar-refractivity contribution in [3.63, 3.8) is 0 Å². The molecule has 0 aliphatic rings. The molecule has 0 bridgehead atoms. The Balaban J connectivity index is 1.21. The molecule has 0 radical (unpaired) electrons. The lowest BCUT2D eigenvalue weighted by Gasteiger charge is -2.29. The summed E-state index contributed by atoms with van der Waals surface area (Å²) in [7, 11) is 0. The molecule has 6 aromatic carbocycles. The first-order valence-corrected chi connectivity index (χ1v) is 17.9. The molecular weight excluding hydrogens is 653 g/mol. The summed E-state index contributed by atoms with van der Waals surface area (Å²) in [5, 5.41) is 28.5. The number of benzene rings is 6. The molecule has 6 nitrogen and oxygen atoms in total. The van der Waals surface area contributed by atoms with E-state index in [1.807, 2.05) is 48.5 Å². The molecule has 0 atom stereocenters. The SMILES string of the molecule is CC(C)(c1cc(-c2cc3ccccc3[nH]2)c(O)c(-c2cc3ccccc3[nH]2)c1)c1cc(-c2cc3ccccc3[nH]2)c(O)c(-c2cc3ccccc3[nH]2)c1. The van der Waals surface area contributed by atoms with Crippen LogP contribution in [-0.4, -0.2) is 30.1 Å².